The number of nitrogens with one attached hydrogen (secondary N) is 1. The molecule has 0 aliphatic heterocycles. The van der Waals surface area contributed by atoms with Crippen molar-refractivity contribution in [2.45, 2.75) is 24.3 Å². The van der Waals surface area contributed by atoms with Crippen molar-refractivity contribution in [1.29, 1.82) is 0 Å². The van der Waals surface area contributed by atoms with Gasteiger partial charge in [-0.3, -0.25) is 0 Å². The predicted molar refractivity (Wildman–Crippen MR) is 80.3 cm³/mol. The van der Waals surface area contributed by atoms with Gasteiger partial charge in [0.25, 0.3) is 0 Å². The van der Waals surface area contributed by atoms with E-state index in [4.69, 9.17) is 5.11 Å². The van der Waals surface area contributed by atoms with E-state index in [0.717, 1.165) is 5.56 Å². The molecule has 0 saturated carbocycles. The Hall–Kier alpha value is -1.21. The molecule has 1 aromatic heterocycles. The Morgan fingerprint density at radius 3 is 2.60 bits per heavy atom. The molecule has 108 valence electrons. The molecule has 1 heterocycles. The molecule has 6 heteroatoms. The molecule has 2 N–H and O–H groups in total. The first-order valence-corrected chi connectivity index (χ1v) is 8.62. The zero-order valence-corrected chi connectivity index (χ0v) is 12.7. The zero-order chi connectivity index (χ0) is 14.6. The summed E-state index contributed by atoms with van der Waals surface area (Å²) in [6.45, 7) is 2.04. The minimum absolute atomic E-state index is 0.0854. The van der Waals surface area contributed by atoms with Crippen molar-refractivity contribution in [1.82, 2.24) is 4.72 Å². The Morgan fingerprint density at radius 2 is 1.95 bits per heavy atom. The Labute approximate surface area is 123 Å². The van der Waals surface area contributed by atoms with Crippen LogP contribution in [0.3, 0.4) is 0 Å². The van der Waals surface area contributed by atoms with E-state index in [-0.39, 0.29) is 17.4 Å². The molecule has 0 aliphatic carbocycles. The van der Waals surface area contributed by atoms with Crippen molar-refractivity contribution in [2.75, 3.05) is 6.54 Å². The molecule has 0 fully saturated rings. The number of thiophene rings is 1. The van der Waals surface area contributed by atoms with Crippen LogP contribution in [0.2, 0.25) is 0 Å². The molecule has 0 saturated heterocycles. The SMILES string of the molecule is CC(CNS(=O)(=O)c1ccsc1CO)c1ccccc1. The van der Waals surface area contributed by atoms with Crippen LogP contribution in [0.15, 0.2) is 46.7 Å². The van der Waals surface area contributed by atoms with Gasteiger partial charge in [-0.1, -0.05) is 37.3 Å². The third-order valence-electron chi connectivity index (χ3n) is 3.09. The van der Waals surface area contributed by atoms with E-state index in [2.05, 4.69) is 4.72 Å². The molecule has 2 aromatic rings. The highest BCUT2D eigenvalue weighted by Crippen LogP contribution is 2.22. The lowest BCUT2D eigenvalue weighted by Gasteiger charge is -2.13. The van der Waals surface area contributed by atoms with E-state index in [1.54, 1.807) is 5.38 Å². The number of aliphatic hydroxyl groups excluding tert-OH is 1. The normalized spacial score (nSPS) is 13.3. The molecule has 0 radical (unpaired) electrons. The molecule has 1 unspecified atom stereocenters. The van der Waals surface area contributed by atoms with Crippen LogP contribution in [0, 0.1) is 0 Å². The Morgan fingerprint density at radius 1 is 1.25 bits per heavy atom. The van der Waals surface area contributed by atoms with Gasteiger partial charge in [0.15, 0.2) is 0 Å². The fourth-order valence-electron chi connectivity index (χ4n) is 1.90. The number of benzene rings is 1. The van der Waals surface area contributed by atoms with Gasteiger partial charge >= 0.3 is 0 Å². The van der Waals surface area contributed by atoms with E-state index in [1.807, 2.05) is 37.3 Å². The van der Waals surface area contributed by atoms with Gasteiger partial charge in [-0.25, -0.2) is 13.1 Å². The first kappa shape index (κ1) is 15.2. The van der Waals surface area contributed by atoms with Crippen LogP contribution in [-0.4, -0.2) is 20.1 Å². The fourth-order valence-corrected chi connectivity index (χ4v) is 4.32. The summed E-state index contributed by atoms with van der Waals surface area (Å²) in [6.07, 6.45) is 0. The molecular formula is C14H17NO3S2. The lowest BCUT2D eigenvalue weighted by atomic mass is 10.0. The first-order valence-electron chi connectivity index (χ1n) is 6.26. The maximum Gasteiger partial charge on any atom is 0.241 e. The summed E-state index contributed by atoms with van der Waals surface area (Å²) in [6, 6.07) is 11.3. The second kappa shape index (κ2) is 6.49. The van der Waals surface area contributed by atoms with Crippen LogP contribution in [0.25, 0.3) is 0 Å². The summed E-state index contributed by atoms with van der Waals surface area (Å²) in [4.78, 5) is 0.634. The van der Waals surface area contributed by atoms with E-state index in [1.165, 1.54) is 17.4 Å². The molecule has 20 heavy (non-hydrogen) atoms. The zero-order valence-electron chi connectivity index (χ0n) is 11.1. The molecule has 0 aliphatic rings. The molecule has 4 nitrogen and oxygen atoms in total. The first-order chi connectivity index (χ1) is 9.54. The number of hydrogen-bond acceptors (Lipinski definition) is 4. The lowest BCUT2D eigenvalue weighted by Crippen LogP contribution is -2.28. The van der Waals surface area contributed by atoms with Crippen LogP contribution in [0.1, 0.15) is 23.3 Å². The third kappa shape index (κ3) is 3.46. The average Bonchev–Trinajstić information content (AvgIpc) is 2.95. The van der Waals surface area contributed by atoms with Crippen LogP contribution in [0.5, 0.6) is 0 Å². The van der Waals surface area contributed by atoms with Gasteiger partial charge in [-0.2, -0.15) is 0 Å². The van der Waals surface area contributed by atoms with Gasteiger partial charge in [0.2, 0.25) is 10.0 Å². The van der Waals surface area contributed by atoms with Crippen molar-refractivity contribution < 1.29 is 13.5 Å². The van der Waals surface area contributed by atoms with E-state index in [9.17, 15) is 8.42 Å². The van der Waals surface area contributed by atoms with Crippen molar-refractivity contribution >= 4 is 21.4 Å². The largest absolute Gasteiger partial charge is 0.391 e. The van der Waals surface area contributed by atoms with Gasteiger partial charge in [0.1, 0.15) is 0 Å². The number of rotatable bonds is 6. The van der Waals surface area contributed by atoms with Crippen LogP contribution in [-0.2, 0) is 16.6 Å². The minimum Gasteiger partial charge on any atom is -0.391 e. The highest BCUT2D eigenvalue weighted by molar-refractivity contribution is 7.89. The summed E-state index contributed by atoms with van der Waals surface area (Å²) >= 11 is 1.24. The number of sulfonamides is 1. The van der Waals surface area contributed by atoms with E-state index in [0.29, 0.717) is 11.4 Å². The summed E-state index contributed by atoms with van der Waals surface area (Å²) in [5, 5.41) is 10.8. The topological polar surface area (TPSA) is 66.4 Å². The van der Waals surface area contributed by atoms with Gasteiger partial charge in [-0.15, -0.1) is 11.3 Å². The average molecular weight is 311 g/mol. The van der Waals surface area contributed by atoms with Crippen molar-refractivity contribution in [3.8, 4) is 0 Å². The van der Waals surface area contributed by atoms with Gasteiger partial charge in [0, 0.05) is 11.4 Å². The minimum atomic E-state index is -3.56. The second-order valence-electron chi connectivity index (χ2n) is 4.53. The number of hydrogen-bond donors (Lipinski definition) is 2. The van der Waals surface area contributed by atoms with Gasteiger partial charge in [0.05, 0.1) is 11.5 Å². The standard InChI is InChI=1S/C14H17NO3S2/c1-11(12-5-3-2-4-6-12)9-15-20(17,18)14-7-8-19-13(14)10-16/h2-8,11,15-16H,9-10H2,1H3. The van der Waals surface area contributed by atoms with E-state index < -0.39 is 10.0 Å². The van der Waals surface area contributed by atoms with E-state index >= 15 is 0 Å². The highest BCUT2D eigenvalue weighted by atomic mass is 32.2. The third-order valence-corrected chi connectivity index (χ3v) is 5.63. The molecule has 0 amide bonds. The predicted octanol–water partition coefficient (Wildman–Crippen LogP) is 2.32. The maximum absolute atomic E-state index is 12.2. The van der Waals surface area contributed by atoms with Crippen molar-refractivity contribution in [3.63, 3.8) is 0 Å². The quantitative estimate of drug-likeness (QED) is 0.860. The highest BCUT2D eigenvalue weighted by Gasteiger charge is 2.20. The van der Waals surface area contributed by atoms with Crippen LogP contribution < -0.4 is 4.72 Å². The summed E-state index contributed by atoms with van der Waals surface area (Å²) in [7, 11) is -3.56. The summed E-state index contributed by atoms with van der Waals surface area (Å²) in [5.41, 5.74) is 1.09. The molecule has 1 atom stereocenters. The Kier molecular flexibility index (Phi) is 4.93. The Bertz CT molecular complexity index is 650. The van der Waals surface area contributed by atoms with Crippen LogP contribution >= 0.6 is 11.3 Å². The van der Waals surface area contributed by atoms with Gasteiger partial charge < -0.3 is 5.11 Å². The molecular weight excluding hydrogens is 294 g/mol. The summed E-state index contributed by atoms with van der Waals surface area (Å²) < 4.78 is 27.0. The van der Waals surface area contributed by atoms with Crippen molar-refractivity contribution in [2.24, 2.45) is 0 Å². The monoisotopic (exact) mass is 311 g/mol. The lowest BCUT2D eigenvalue weighted by molar-refractivity contribution is 0.282. The van der Waals surface area contributed by atoms with Crippen molar-refractivity contribution in [3.05, 3.63) is 52.2 Å². The van der Waals surface area contributed by atoms with Crippen LogP contribution in [0.4, 0.5) is 0 Å². The second-order valence-corrected chi connectivity index (χ2v) is 7.27. The Balaban J connectivity index is 2.07. The fraction of sp³-hybridized carbons (Fsp3) is 0.286. The molecule has 2 rings (SSSR count). The van der Waals surface area contributed by atoms with Gasteiger partial charge in [-0.05, 0) is 22.9 Å². The molecule has 0 spiro atoms. The molecule has 0 bridgehead atoms. The number of aliphatic hydroxyl groups is 1. The smallest absolute Gasteiger partial charge is 0.241 e. The summed E-state index contributed by atoms with van der Waals surface area (Å²) in [5.74, 6) is 0.0854. The maximum atomic E-state index is 12.2. The molecule has 1 aromatic carbocycles.